The SMILES string of the molecule is C=CC[N+](N)([O-])CCC. The van der Waals surface area contributed by atoms with Crippen molar-refractivity contribution in [1.82, 2.24) is 0 Å². The van der Waals surface area contributed by atoms with E-state index in [0.717, 1.165) is 6.42 Å². The minimum atomic E-state index is -0.681. The molecule has 0 aliphatic carbocycles. The third-order valence-corrected chi connectivity index (χ3v) is 1.04. The lowest BCUT2D eigenvalue weighted by Crippen LogP contribution is -2.49. The molecule has 2 N–H and O–H groups in total. The van der Waals surface area contributed by atoms with Crippen molar-refractivity contribution >= 4 is 0 Å². The summed E-state index contributed by atoms with van der Waals surface area (Å²) < 4.78 is -0.681. The van der Waals surface area contributed by atoms with Crippen LogP contribution in [0.25, 0.3) is 0 Å². The molecule has 0 saturated carbocycles. The lowest BCUT2D eigenvalue weighted by Gasteiger charge is -2.34. The molecule has 9 heavy (non-hydrogen) atoms. The second-order valence-electron chi connectivity index (χ2n) is 2.15. The maximum absolute atomic E-state index is 10.9. The van der Waals surface area contributed by atoms with Crippen molar-refractivity contribution in [2.24, 2.45) is 5.84 Å². The molecule has 0 heterocycles. The van der Waals surface area contributed by atoms with E-state index in [2.05, 4.69) is 6.58 Å². The van der Waals surface area contributed by atoms with Gasteiger partial charge in [-0.1, -0.05) is 13.5 Å². The molecule has 0 aromatic heterocycles. The van der Waals surface area contributed by atoms with Gasteiger partial charge >= 0.3 is 0 Å². The third-order valence-electron chi connectivity index (χ3n) is 1.04. The number of rotatable bonds is 4. The highest BCUT2D eigenvalue weighted by Crippen LogP contribution is 1.95. The lowest BCUT2D eigenvalue weighted by atomic mass is 10.4. The topological polar surface area (TPSA) is 49.1 Å². The highest BCUT2D eigenvalue weighted by Gasteiger charge is 2.04. The van der Waals surface area contributed by atoms with E-state index in [1.165, 1.54) is 0 Å². The Morgan fingerprint density at radius 3 is 2.67 bits per heavy atom. The van der Waals surface area contributed by atoms with Gasteiger partial charge in [0.2, 0.25) is 0 Å². The minimum Gasteiger partial charge on any atom is -0.611 e. The minimum absolute atomic E-state index is 0.299. The maximum atomic E-state index is 10.9. The van der Waals surface area contributed by atoms with Crippen LogP contribution in [0.2, 0.25) is 0 Å². The number of nitrogens with zero attached hydrogens (tertiary/aromatic N) is 1. The Balaban J connectivity index is 3.55. The summed E-state index contributed by atoms with van der Waals surface area (Å²) in [5, 5.41) is 10.9. The van der Waals surface area contributed by atoms with Crippen LogP contribution in [0.5, 0.6) is 0 Å². The second kappa shape index (κ2) is 3.61. The Bertz CT molecular complexity index is 91.1. The fourth-order valence-electron chi connectivity index (χ4n) is 0.688. The molecule has 1 atom stereocenters. The zero-order valence-corrected chi connectivity index (χ0v) is 5.84. The maximum Gasteiger partial charge on any atom is 0.114 e. The Labute approximate surface area is 55.9 Å². The van der Waals surface area contributed by atoms with Crippen molar-refractivity contribution in [2.45, 2.75) is 13.3 Å². The van der Waals surface area contributed by atoms with Crippen molar-refractivity contribution in [1.29, 1.82) is 0 Å². The second-order valence-corrected chi connectivity index (χ2v) is 2.15. The molecule has 0 aliphatic rings. The molecule has 0 saturated heterocycles. The van der Waals surface area contributed by atoms with E-state index in [-0.39, 0.29) is 0 Å². The van der Waals surface area contributed by atoms with Gasteiger partial charge in [-0.15, -0.1) is 0 Å². The van der Waals surface area contributed by atoms with Gasteiger partial charge in [-0.3, -0.25) is 4.76 Å². The summed E-state index contributed by atoms with van der Waals surface area (Å²) in [4.78, 5) is 0. The van der Waals surface area contributed by atoms with Gasteiger partial charge in [-0.25, -0.2) is 0 Å². The van der Waals surface area contributed by atoms with Crippen molar-refractivity contribution in [2.75, 3.05) is 13.1 Å². The molecule has 0 amide bonds. The van der Waals surface area contributed by atoms with Gasteiger partial charge in [0.25, 0.3) is 0 Å². The summed E-state index contributed by atoms with van der Waals surface area (Å²) in [6.07, 6.45) is 2.36. The third kappa shape index (κ3) is 4.14. The highest BCUT2D eigenvalue weighted by atomic mass is 16.6. The zero-order chi connectivity index (χ0) is 7.33. The summed E-state index contributed by atoms with van der Waals surface area (Å²) in [6, 6.07) is 0. The summed E-state index contributed by atoms with van der Waals surface area (Å²) in [7, 11) is 0. The van der Waals surface area contributed by atoms with Gasteiger partial charge in [-0.05, 0) is 12.5 Å². The Hall–Kier alpha value is -0.380. The Kier molecular flexibility index (Phi) is 3.46. The molecule has 0 bridgehead atoms. The van der Waals surface area contributed by atoms with Crippen LogP contribution in [0.15, 0.2) is 12.7 Å². The first-order valence-electron chi connectivity index (χ1n) is 3.10. The Morgan fingerprint density at radius 2 is 2.33 bits per heavy atom. The van der Waals surface area contributed by atoms with Gasteiger partial charge in [0.1, 0.15) is 6.54 Å². The molecule has 3 heteroatoms. The zero-order valence-electron chi connectivity index (χ0n) is 5.84. The molecule has 0 aromatic carbocycles. The fourth-order valence-corrected chi connectivity index (χ4v) is 0.688. The predicted molar refractivity (Wildman–Crippen MR) is 38.0 cm³/mol. The van der Waals surface area contributed by atoms with Gasteiger partial charge in [0.15, 0.2) is 0 Å². The quantitative estimate of drug-likeness (QED) is 0.264. The van der Waals surface area contributed by atoms with Crippen LogP contribution in [0.1, 0.15) is 13.3 Å². The van der Waals surface area contributed by atoms with Crippen molar-refractivity contribution in [3.63, 3.8) is 0 Å². The predicted octanol–water partition coefficient (Wildman–Crippen LogP) is 0.771. The number of hydrogen-bond donors (Lipinski definition) is 1. The average molecular weight is 130 g/mol. The van der Waals surface area contributed by atoms with E-state index in [1.54, 1.807) is 6.08 Å². The standard InChI is InChI=1S/C6H14N2O/c1-3-5-8(7,9)6-4-2/h3H,1,4-7H2,2H3. The van der Waals surface area contributed by atoms with E-state index in [0.29, 0.717) is 13.1 Å². The molecule has 0 radical (unpaired) electrons. The highest BCUT2D eigenvalue weighted by molar-refractivity contribution is 4.64. The lowest BCUT2D eigenvalue weighted by molar-refractivity contribution is -0.886. The van der Waals surface area contributed by atoms with Crippen LogP contribution in [0, 0.1) is 5.21 Å². The normalized spacial score (nSPS) is 16.8. The number of hydroxylamine groups is 2. The molecule has 54 valence electrons. The number of hydrogen-bond acceptors (Lipinski definition) is 2. The van der Waals surface area contributed by atoms with Crippen LogP contribution >= 0.6 is 0 Å². The molecule has 0 rings (SSSR count). The molecular formula is C6H14N2O. The smallest absolute Gasteiger partial charge is 0.114 e. The van der Waals surface area contributed by atoms with Gasteiger partial charge in [0.05, 0.1) is 6.54 Å². The average Bonchev–Trinajstić information content (AvgIpc) is 1.64. The van der Waals surface area contributed by atoms with Gasteiger partial charge in [0, 0.05) is 0 Å². The first-order valence-corrected chi connectivity index (χ1v) is 3.10. The van der Waals surface area contributed by atoms with Crippen LogP contribution in [-0.4, -0.2) is 17.8 Å². The summed E-state index contributed by atoms with van der Waals surface area (Å²) in [6.45, 7) is 6.13. The van der Waals surface area contributed by atoms with Crippen molar-refractivity contribution in [3.05, 3.63) is 17.9 Å². The fraction of sp³-hybridized carbons (Fsp3) is 0.667. The largest absolute Gasteiger partial charge is 0.611 e. The van der Waals surface area contributed by atoms with E-state index >= 15 is 0 Å². The van der Waals surface area contributed by atoms with Crippen LogP contribution in [0.3, 0.4) is 0 Å². The van der Waals surface area contributed by atoms with Crippen molar-refractivity contribution in [3.8, 4) is 0 Å². The van der Waals surface area contributed by atoms with Crippen molar-refractivity contribution < 1.29 is 4.76 Å². The van der Waals surface area contributed by atoms with Crippen LogP contribution in [0.4, 0.5) is 0 Å². The molecule has 0 aromatic rings. The van der Waals surface area contributed by atoms with Crippen LogP contribution < -0.4 is 5.84 Å². The monoisotopic (exact) mass is 130 g/mol. The summed E-state index contributed by atoms with van der Waals surface area (Å²) >= 11 is 0. The molecular weight excluding hydrogens is 116 g/mol. The molecule has 0 fully saturated rings. The van der Waals surface area contributed by atoms with Crippen LogP contribution in [-0.2, 0) is 0 Å². The number of quaternary nitrogens is 1. The van der Waals surface area contributed by atoms with E-state index in [1.807, 2.05) is 6.92 Å². The molecule has 0 aliphatic heterocycles. The van der Waals surface area contributed by atoms with Gasteiger partial charge in [-0.2, -0.15) is 5.84 Å². The van der Waals surface area contributed by atoms with E-state index in [9.17, 15) is 5.21 Å². The first-order chi connectivity index (χ1) is 4.12. The number of nitrogens with two attached hydrogens (primary N) is 1. The summed E-state index contributed by atoms with van der Waals surface area (Å²) in [5.41, 5.74) is 0. The summed E-state index contributed by atoms with van der Waals surface area (Å²) in [5.74, 6) is 5.25. The van der Waals surface area contributed by atoms with E-state index < -0.39 is 4.76 Å². The van der Waals surface area contributed by atoms with Gasteiger partial charge < -0.3 is 5.21 Å². The molecule has 0 spiro atoms. The molecule has 1 unspecified atom stereocenters. The van der Waals surface area contributed by atoms with E-state index in [4.69, 9.17) is 5.84 Å². The first kappa shape index (κ1) is 8.62. The Morgan fingerprint density at radius 1 is 1.78 bits per heavy atom. The molecule has 3 nitrogen and oxygen atoms in total.